The molecule has 0 aliphatic heterocycles. The molecule has 0 fully saturated rings. The van der Waals surface area contributed by atoms with Gasteiger partial charge in [-0.05, 0) is 31.0 Å². The molecule has 0 atom stereocenters. The van der Waals surface area contributed by atoms with Crippen LogP contribution in [0.25, 0.3) is 10.9 Å². The van der Waals surface area contributed by atoms with Crippen molar-refractivity contribution in [2.24, 2.45) is 7.05 Å². The number of aryl methyl sites for hydroxylation is 1. The van der Waals surface area contributed by atoms with Crippen molar-refractivity contribution in [3.05, 3.63) is 34.5 Å². The summed E-state index contributed by atoms with van der Waals surface area (Å²) in [6.07, 6.45) is 5.23. The van der Waals surface area contributed by atoms with E-state index in [2.05, 4.69) is 6.92 Å². The maximum Gasteiger partial charge on any atom is 0.329 e. The first-order valence-electron chi connectivity index (χ1n) is 8.55. The maximum atomic E-state index is 12.7. The number of nitrogens with zero attached hydrogens (tertiary/aromatic N) is 1. The summed E-state index contributed by atoms with van der Waals surface area (Å²) in [5.41, 5.74) is 2.50. The zero-order chi connectivity index (χ0) is 18.4. The number of aromatic nitrogens is 1. The van der Waals surface area contributed by atoms with Crippen molar-refractivity contribution in [2.45, 2.75) is 39.0 Å². The highest BCUT2D eigenvalue weighted by Gasteiger charge is 2.21. The molecule has 6 heteroatoms. The standard InChI is InChI=1S/C19H24ClNO4/c1-3-4-5-6-7-16-19(17(22)11-25-12-18(23)24)14-10-13(20)8-9-15(14)21(16)2/h8-10H,3-7,11-12H2,1-2H3,(H,23,24). The molecule has 136 valence electrons. The second-order valence-electron chi connectivity index (χ2n) is 6.16. The summed E-state index contributed by atoms with van der Waals surface area (Å²) in [6.45, 7) is 1.43. The number of ether oxygens (including phenoxy) is 1. The molecule has 0 saturated carbocycles. The van der Waals surface area contributed by atoms with Gasteiger partial charge in [0.05, 0.1) is 0 Å². The lowest BCUT2D eigenvalue weighted by Crippen LogP contribution is -2.16. The normalized spacial score (nSPS) is 11.2. The van der Waals surface area contributed by atoms with Crippen LogP contribution in [0, 0.1) is 0 Å². The number of carbonyl (C=O) groups is 2. The van der Waals surface area contributed by atoms with Crippen molar-refractivity contribution >= 4 is 34.3 Å². The van der Waals surface area contributed by atoms with Crippen LogP contribution < -0.4 is 0 Å². The third-order valence-corrected chi connectivity index (χ3v) is 4.52. The van der Waals surface area contributed by atoms with Crippen molar-refractivity contribution in [3.8, 4) is 0 Å². The molecule has 25 heavy (non-hydrogen) atoms. The largest absolute Gasteiger partial charge is 0.480 e. The van der Waals surface area contributed by atoms with Gasteiger partial charge in [-0.15, -0.1) is 0 Å². The van der Waals surface area contributed by atoms with Crippen molar-refractivity contribution in [1.29, 1.82) is 0 Å². The SMILES string of the molecule is CCCCCCc1c(C(=O)COCC(=O)O)c2cc(Cl)ccc2n1C. The Hall–Kier alpha value is -1.85. The van der Waals surface area contributed by atoms with Gasteiger partial charge in [-0.1, -0.05) is 37.8 Å². The number of aliphatic carboxylic acids is 1. The van der Waals surface area contributed by atoms with Crippen molar-refractivity contribution in [2.75, 3.05) is 13.2 Å². The minimum absolute atomic E-state index is 0.209. The van der Waals surface area contributed by atoms with Crippen LogP contribution in [0.3, 0.4) is 0 Å². The van der Waals surface area contributed by atoms with E-state index in [9.17, 15) is 9.59 Å². The molecule has 1 heterocycles. The van der Waals surface area contributed by atoms with Gasteiger partial charge in [-0.3, -0.25) is 4.79 Å². The molecule has 5 nitrogen and oxygen atoms in total. The molecule has 1 aromatic carbocycles. The Kier molecular flexibility index (Phi) is 7.02. The van der Waals surface area contributed by atoms with Crippen LogP contribution in [0.15, 0.2) is 18.2 Å². The van der Waals surface area contributed by atoms with Crippen molar-refractivity contribution < 1.29 is 19.4 Å². The lowest BCUT2D eigenvalue weighted by atomic mass is 10.0. The van der Waals surface area contributed by atoms with Crippen molar-refractivity contribution in [3.63, 3.8) is 0 Å². The number of halogens is 1. The summed E-state index contributed by atoms with van der Waals surface area (Å²) in [5.74, 6) is -1.30. The van der Waals surface area contributed by atoms with Crippen molar-refractivity contribution in [1.82, 2.24) is 4.57 Å². The fourth-order valence-corrected chi connectivity index (χ4v) is 3.27. The second kappa shape index (κ2) is 9.02. The monoisotopic (exact) mass is 365 g/mol. The Morgan fingerprint density at radius 2 is 1.96 bits per heavy atom. The number of carboxylic acids is 1. The average Bonchev–Trinajstić information content (AvgIpc) is 2.83. The zero-order valence-corrected chi connectivity index (χ0v) is 15.4. The summed E-state index contributed by atoms with van der Waals surface area (Å²) in [6, 6.07) is 5.50. The van der Waals surface area contributed by atoms with E-state index in [0.717, 1.165) is 42.3 Å². The van der Waals surface area contributed by atoms with E-state index in [4.69, 9.17) is 21.4 Å². The number of benzene rings is 1. The number of rotatable bonds is 10. The van der Waals surface area contributed by atoms with Crippen LogP contribution in [0.4, 0.5) is 0 Å². The number of unbranched alkanes of at least 4 members (excludes halogenated alkanes) is 3. The van der Waals surface area contributed by atoms with E-state index >= 15 is 0 Å². The minimum atomic E-state index is -1.09. The molecule has 0 bridgehead atoms. The average molecular weight is 366 g/mol. The number of hydrogen-bond acceptors (Lipinski definition) is 3. The van der Waals surface area contributed by atoms with Gasteiger partial charge in [0.2, 0.25) is 0 Å². The Morgan fingerprint density at radius 3 is 2.64 bits per heavy atom. The van der Waals surface area contributed by atoms with Gasteiger partial charge in [-0.25, -0.2) is 4.79 Å². The Labute approximate surface area is 152 Å². The number of fused-ring (bicyclic) bond motifs is 1. The van der Waals surface area contributed by atoms with Crippen LogP contribution in [0.1, 0.15) is 48.7 Å². The quantitative estimate of drug-likeness (QED) is 0.505. The molecule has 1 aromatic heterocycles. The molecular formula is C19H24ClNO4. The van der Waals surface area contributed by atoms with E-state index in [1.54, 1.807) is 12.1 Å². The number of Topliss-reactive ketones (excluding diaryl/α,β-unsaturated/α-hetero) is 1. The van der Waals surface area contributed by atoms with E-state index in [1.165, 1.54) is 6.42 Å². The predicted octanol–water partition coefficient (Wildman–Crippen LogP) is 4.24. The first-order valence-corrected chi connectivity index (χ1v) is 8.93. The zero-order valence-electron chi connectivity index (χ0n) is 14.7. The molecular weight excluding hydrogens is 342 g/mol. The lowest BCUT2D eigenvalue weighted by molar-refractivity contribution is -0.141. The number of hydrogen-bond donors (Lipinski definition) is 1. The summed E-state index contributed by atoms with van der Waals surface area (Å²) >= 11 is 6.12. The van der Waals surface area contributed by atoms with Crippen LogP contribution >= 0.6 is 11.6 Å². The summed E-state index contributed by atoms with van der Waals surface area (Å²) in [7, 11) is 1.94. The van der Waals surface area contributed by atoms with Gasteiger partial charge < -0.3 is 14.4 Å². The molecule has 0 aliphatic rings. The third kappa shape index (κ3) is 4.83. The van der Waals surface area contributed by atoms with E-state index in [-0.39, 0.29) is 12.4 Å². The summed E-state index contributed by atoms with van der Waals surface area (Å²) in [4.78, 5) is 23.3. The van der Waals surface area contributed by atoms with E-state index < -0.39 is 12.6 Å². The second-order valence-corrected chi connectivity index (χ2v) is 6.60. The van der Waals surface area contributed by atoms with Crippen LogP contribution in [0.2, 0.25) is 5.02 Å². The summed E-state index contributed by atoms with van der Waals surface area (Å²) in [5, 5.41) is 10.0. The van der Waals surface area contributed by atoms with Crippen LogP contribution in [-0.4, -0.2) is 34.6 Å². The fourth-order valence-electron chi connectivity index (χ4n) is 3.10. The van der Waals surface area contributed by atoms with Crippen LogP contribution in [0.5, 0.6) is 0 Å². The fraction of sp³-hybridized carbons (Fsp3) is 0.474. The molecule has 2 aromatic rings. The molecule has 1 N–H and O–H groups in total. The highest BCUT2D eigenvalue weighted by Crippen LogP contribution is 2.29. The van der Waals surface area contributed by atoms with Gasteiger partial charge in [0.25, 0.3) is 0 Å². The Morgan fingerprint density at radius 1 is 1.20 bits per heavy atom. The topological polar surface area (TPSA) is 68.5 Å². The Bertz CT molecular complexity index is 766. The number of carboxylic acid groups (broad SMARTS) is 1. The minimum Gasteiger partial charge on any atom is -0.480 e. The third-order valence-electron chi connectivity index (χ3n) is 4.29. The van der Waals surface area contributed by atoms with Gasteiger partial charge >= 0.3 is 5.97 Å². The summed E-state index contributed by atoms with van der Waals surface area (Å²) < 4.78 is 7.04. The maximum absolute atomic E-state index is 12.7. The predicted molar refractivity (Wildman–Crippen MR) is 98.6 cm³/mol. The molecule has 0 aliphatic carbocycles. The molecule has 0 spiro atoms. The van der Waals surface area contributed by atoms with Gasteiger partial charge in [0.1, 0.15) is 13.2 Å². The number of ketones is 1. The Balaban J connectivity index is 2.34. The van der Waals surface area contributed by atoms with Gasteiger partial charge in [-0.2, -0.15) is 0 Å². The van der Waals surface area contributed by atoms with Crippen LogP contribution in [-0.2, 0) is 23.0 Å². The lowest BCUT2D eigenvalue weighted by Gasteiger charge is -2.08. The first kappa shape index (κ1) is 19.5. The highest BCUT2D eigenvalue weighted by molar-refractivity contribution is 6.31. The molecule has 0 radical (unpaired) electrons. The van der Waals surface area contributed by atoms with E-state index in [1.807, 2.05) is 17.7 Å². The molecule has 0 amide bonds. The number of carbonyl (C=O) groups excluding carboxylic acids is 1. The molecule has 0 unspecified atom stereocenters. The van der Waals surface area contributed by atoms with Gasteiger partial charge in [0.15, 0.2) is 5.78 Å². The van der Waals surface area contributed by atoms with E-state index in [0.29, 0.717) is 10.6 Å². The highest BCUT2D eigenvalue weighted by atomic mass is 35.5. The van der Waals surface area contributed by atoms with Gasteiger partial charge in [0, 0.05) is 34.2 Å². The molecule has 2 rings (SSSR count). The first-order chi connectivity index (χ1) is 12.0. The smallest absolute Gasteiger partial charge is 0.329 e. The molecule has 0 saturated heterocycles.